The standard InChI is InChI=1S/C11H15NO/c1-4-12-10-8-6-5-7-9(10)11(2,3)13-12/h5-8H,4H2,1-3H3. The first-order valence-corrected chi connectivity index (χ1v) is 4.71. The van der Waals surface area contributed by atoms with Crippen molar-refractivity contribution in [1.82, 2.24) is 0 Å². The van der Waals surface area contributed by atoms with E-state index in [4.69, 9.17) is 4.84 Å². The molecule has 1 heterocycles. The van der Waals surface area contributed by atoms with Crippen molar-refractivity contribution < 1.29 is 4.84 Å². The summed E-state index contributed by atoms with van der Waals surface area (Å²) in [4.78, 5) is 5.80. The van der Waals surface area contributed by atoms with Gasteiger partial charge in [0.1, 0.15) is 5.60 Å². The maximum Gasteiger partial charge on any atom is 0.118 e. The molecule has 2 rings (SSSR count). The van der Waals surface area contributed by atoms with Crippen molar-refractivity contribution in [2.75, 3.05) is 11.6 Å². The third kappa shape index (κ3) is 1.22. The lowest BCUT2D eigenvalue weighted by Gasteiger charge is -2.20. The highest BCUT2D eigenvalue weighted by Crippen LogP contribution is 2.40. The summed E-state index contributed by atoms with van der Waals surface area (Å²) < 4.78 is 0. The molecule has 1 aromatic carbocycles. The van der Waals surface area contributed by atoms with Crippen LogP contribution in [0.25, 0.3) is 0 Å². The number of hydrogen-bond acceptors (Lipinski definition) is 2. The molecule has 70 valence electrons. The molecule has 0 radical (unpaired) electrons. The van der Waals surface area contributed by atoms with Gasteiger partial charge in [0.25, 0.3) is 0 Å². The van der Waals surface area contributed by atoms with Crippen molar-refractivity contribution in [3.05, 3.63) is 29.8 Å². The Hall–Kier alpha value is -1.02. The highest BCUT2D eigenvalue weighted by molar-refractivity contribution is 5.57. The molecule has 0 aromatic heterocycles. The molecule has 0 amide bonds. The summed E-state index contributed by atoms with van der Waals surface area (Å²) in [6.45, 7) is 7.18. The van der Waals surface area contributed by atoms with Gasteiger partial charge >= 0.3 is 0 Å². The lowest BCUT2D eigenvalue weighted by atomic mass is 9.98. The maximum absolute atomic E-state index is 5.80. The SMILES string of the molecule is CCN1OC(C)(C)c2ccccc21. The molecule has 1 aliphatic rings. The van der Waals surface area contributed by atoms with Crippen molar-refractivity contribution in [3.8, 4) is 0 Å². The fraction of sp³-hybridized carbons (Fsp3) is 0.455. The predicted octanol–water partition coefficient (Wildman–Crippen LogP) is 2.69. The summed E-state index contributed by atoms with van der Waals surface area (Å²) in [5.74, 6) is 0. The number of nitrogens with zero attached hydrogens (tertiary/aromatic N) is 1. The van der Waals surface area contributed by atoms with Crippen LogP contribution in [0.15, 0.2) is 24.3 Å². The van der Waals surface area contributed by atoms with Gasteiger partial charge in [0.15, 0.2) is 0 Å². The van der Waals surface area contributed by atoms with E-state index >= 15 is 0 Å². The molecular weight excluding hydrogens is 162 g/mol. The fourth-order valence-corrected chi connectivity index (χ4v) is 1.81. The van der Waals surface area contributed by atoms with Gasteiger partial charge in [-0.15, -0.1) is 0 Å². The number of hydrogen-bond donors (Lipinski definition) is 0. The average molecular weight is 177 g/mol. The molecule has 0 bridgehead atoms. The van der Waals surface area contributed by atoms with Crippen molar-refractivity contribution >= 4 is 5.69 Å². The zero-order valence-corrected chi connectivity index (χ0v) is 8.37. The van der Waals surface area contributed by atoms with Crippen LogP contribution in [0, 0.1) is 0 Å². The fourth-order valence-electron chi connectivity index (χ4n) is 1.81. The van der Waals surface area contributed by atoms with Gasteiger partial charge in [-0.25, -0.2) is 0 Å². The average Bonchev–Trinajstić information content (AvgIpc) is 2.39. The van der Waals surface area contributed by atoms with Crippen LogP contribution in [0.2, 0.25) is 0 Å². The molecule has 0 N–H and O–H groups in total. The second-order valence-electron chi connectivity index (χ2n) is 3.81. The molecule has 0 unspecified atom stereocenters. The van der Waals surface area contributed by atoms with Gasteiger partial charge in [-0.05, 0) is 26.8 Å². The lowest BCUT2D eigenvalue weighted by Crippen LogP contribution is -2.24. The van der Waals surface area contributed by atoms with Crippen LogP contribution < -0.4 is 5.06 Å². The molecule has 0 aliphatic carbocycles. The van der Waals surface area contributed by atoms with Crippen LogP contribution in [0.5, 0.6) is 0 Å². The van der Waals surface area contributed by atoms with Crippen LogP contribution in [0.3, 0.4) is 0 Å². The van der Waals surface area contributed by atoms with E-state index in [-0.39, 0.29) is 5.60 Å². The van der Waals surface area contributed by atoms with Gasteiger partial charge in [-0.1, -0.05) is 18.2 Å². The van der Waals surface area contributed by atoms with E-state index in [9.17, 15) is 0 Å². The monoisotopic (exact) mass is 177 g/mol. The Morgan fingerprint density at radius 1 is 1.31 bits per heavy atom. The van der Waals surface area contributed by atoms with Crippen molar-refractivity contribution in [2.45, 2.75) is 26.4 Å². The number of fused-ring (bicyclic) bond motifs is 1. The quantitative estimate of drug-likeness (QED) is 0.654. The molecule has 2 heteroatoms. The highest BCUT2D eigenvalue weighted by Gasteiger charge is 2.35. The lowest BCUT2D eigenvalue weighted by molar-refractivity contribution is -0.0154. The summed E-state index contributed by atoms with van der Waals surface area (Å²) >= 11 is 0. The maximum atomic E-state index is 5.80. The van der Waals surface area contributed by atoms with E-state index in [2.05, 4.69) is 39.0 Å². The van der Waals surface area contributed by atoms with Crippen LogP contribution in [-0.2, 0) is 10.4 Å². The number of hydroxylamine groups is 1. The number of benzene rings is 1. The summed E-state index contributed by atoms with van der Waals surface area (Å²) in [5.41, 5.74) is 2.30. The number of anilines is 1. The number of rotatable bonds is 1. The van der Waals surface area contributed by atoms with Gasteiger partial charge in [0.2, 0.25) is 0 Å². The van der Waals surface area contributed by atoms with E-state index in [1.54, 1.807) is 0 Å². The molecule has 0 atom stereocenters. The molecule has 1 aliphatic heterocycles. The summed E-state index contributed by atoms with van der Waals surface area (Å²) in [6.07, 6.45) is 0. The van der Waals surface area contributed by atoms with Crippen molar-refractivity contribution in [2.24, 2.45) is 0 Å². The predicted molar refractivity (Wildman–Crippen MR) is 53.6 cm³/mol. The Labute approximate surface area is 79.1 Å². The molecule has 2 nitrogen and oxygen atoms in total. The molecule has 13 heavy (non-hydrogen) atoms. The molecule has 0 spiro atoms. The zero-order valence-electron chi connectivity index (χ0n) is 8.37. The van der Waals surface area contributed by atoms with Gasteiger partial charge < -0.3 is 0 Å². The first kappa shape index (κ1) is 8.57. The zero-order chi connectivity index (χ0) is 9.47. The first-order valence-electron chi connectivity index (χ1n) is 4.71. The Bertz CT molecular complexity index is 320. The first-order chi connectivity index (χ1) is 6.15. The van der Waals surface area contributed by atoms with E-state index in [1.165, 1.54) is 11.3 Å². The smallest absolute Gasteiger partial charge is 0.118 e. The second-order valence-corrected chi connectivity index (χ2v) is 3.81. The van der Waals surface area contributed by atoms with Crippen molar-refractivity contribution in [3.63, 3.8) is 0 Å². The summed E-state index contributed by atoms with van der Waals surface area (Å²) in [7, 11) is 0. The Morgan fingerprint density at radius 2 is 2.00 bits per heavy atom. The molecule has 0 fully saturated rings. The van der Waals surface area contributed by atoms with Gasteiger partial charge in [0.05, 0.1) is 5.69 Å². The van der Waals surface area contributed by atoms with Gasteiger partial charge in [-0.3, -0.25) is 9.90 Å². The largest absolute Gasteiger partial charge is 0.263 e. The van der Waals surface area contributed by atoms with Crippen LogP contribution in [-0.4, -0.2) is 6.54 Å². The van der Waals surface area contributed by atoms with E-state index in [1.807, 2.05) is 11.1 Å². The second kappa shape index (κ2) is 2.74. The topological polar surface area (TPSA) is 12.5 Å². The van der Waals surface area contributed by atoms with E-state index < -0.39 is 0 Å². The van der Waals surface area contributed by atoms with Crippen LogP contribution in [0.4, 0.5) is 5.69 Å². The third-order valence-corrected chi connectivity index (χ3v) is 2.45. The van der Waals surface area contributed by atoms with E-state index in [0.717, 1.165) is 6.54 Å². The van der Waals surface area contributed by atoms with Gasteiger partial charge in [-0.2, -0.15) is 0 Å². The molecule has 0 saturated carbocycles. The molecule has 0 saturated heterocycles. The molecule has 1 aromatic rings. The number of para-hydroxylation sites is 1. The Kier molecular flexibility index (Phi) is 1.81. The van der Waals surface area contributed by atoms with Crippen LogP contribution >= 0.6 is 0 Å². The van der Waals surface area contributed by atoms with Gasteiger partial charge in [0, 0.05) is 12.1 Å². The highest BCUT2D eigenvalue weighted by atomic mass is 16.7. The summed E-state index contributed by atoms with van der Waals surface area (Å²) in [6, 6.07) is 8.34. The molecular formula is C11H15NO. The minimum absolute atomic E-state index is 0.174. The normalized spacial score (nSPS) is 18.8. The third-order valence-electron chi connectivity index (χ3n) is 2.45. The van der Waals surface area contributed by atoms with Crippen LogP contribution in [0.1, 0.15) is 26.3 Å². The minimum atomic E-state index is -0.174. The summed E-state index contributed by atoms with van der Waals surface area (Å²) in [5, 5.41) is 1.95. The Morgan fingerprint density at radius 3 is 2.69 bits per heavy atom. The van der Waals surface area contributed by atoms with E-state index in [0.29, 0.717) is 0 Å². The minimum Gasteiger partial charge on any atom is -0.263 e. The Balaban J connectivity index is 2.51. The van der Waals surface area contributed by atoms with Crippen molar-refractivity contribution in [1.29, 1.82) is 0 Å².